The van der Waals surface area contributed by atoms with Gasteiger partial charge in [-0.3, -0.25) is 14.1 Å². The molecule has 118 valence electrons. The third-order valence-corrected chi connectivity index (χ3v) is 3.10. The largest absolute Gasteiger partial charge is 1.00 e. The number of rotatable bonds is 5. The standard InChI is InChI=1S/C7H6O2.C4H6O7S.Na.H/c8-7(9)6-4-2-1-3-5-6;5-3(6)1-2(4(7)8)12(9,10)11;;/h1-5H,(H,8,9);2H,1H2,(H,5,6)(H,7,8)(H,9,10,11);;/q;;+1;-1. The molecule has 0 aromatic heterocycles. The second-order valence-electron chi connectivity index (χ2n) is 3.61. The number of benzene rings is 1. The van der Waals surface area contributed by atoms with E-state index in [9.17, 15) is 22.8 Å². The molecule has 1 aromatic rings. The molecule has 0 aliphatic rings. The van der Waals surface area contributed by atoms with E-state index >= 15 is 0 Å². The van der Waals surface area contributed by atoms with Crippen molar-refractivity contribution < 1.29 is 73.7 Å². The van der Waals surface area contributed by atoms with Crippen LogP contribution in [0.25, 0.3) is 0 Å². The molecule has 22 heavy (non-hydrogen) atoms. The fraction of sp³-hybridized carbons (Fsp3) is 0.182. The SMILES string of the molecule is O=C(O)CC(C(=O)O)S(=O)(=O)O.O=C(O)c1ccccc1.[H-].[Na+]. The first kappa shape index (κ1) is 22.8. The summed E-state index contributed by atoms with van der Waals surface area (Å²) in [7, 11) is -4.84. The predicted octanol–water partition coefficient (Wildman–Crippen LogP) is -2.70. The van der Waals surface area contributed by atoms with Crippen molar-refractivity contribution in [2.24, 2.45) is 0 Å². The number of carbonyl (C=O) groups is 3. The topological polar surface area (TPSA) is 166 Å². The Morgan fingerprint density at radius 1 is 1.05 bits per heavy atom. The Labute approximate surface area is 149 Å². The average molecular weight is 344 g/mol. The van der Waals surface area contributed by atoms with Crippen LogP contribution in [0.15, 0.2) is 30.3 Å². The summed E-state index contributed by atoms with van der Waals surface area (Å²) < 4.78 is 28.7. The summed E-state index contributed by atoms with van der Waals surface area (Å²) in [5, 5.41) is 22.3. The third-order valence-electron chi connectivity index (χ3n) is 2.02. The number of aliphatic carboxylic acids is 2. The number of carboxylic acid groups (broad SMARTS) is 3. The smallest absolute Gasteiger partial charge is 1.00 e. The van der Waals surface area contributed by atoms with Crippen LogP contribution in [0.1, 0.15) is 18.2 Å². The summed E-state index contributed by atoms with van der Waals surface area (Å²) in [4.78, 5) is 30.2. The summed E-state index contributed by atoms with van der Waals surface area (Å²) in [6.07, 6.45) is -1.16. The minimum atomic E-state index is -4.84. The molecule has 0 saturated heterocycles. The second-order valence-corrected chi connectivity index (χ2v) is 5.21. The van der Waals surface area contributed by atoms with E-state index in [1.54, 1.807) is 30.3 Å². The number of carboxylic acids is 3. The quantitative estimate of drug-likeness (QED) is 0.328. The van der Waals surface area contributed by atoms with E-state index < -0.39 is 39.7 Å². The van der Waals surface area contributed by atoms with Crippen LogP contribution < -0.4 is 29.6 Å². The molecule has 0 bridgehead atoms. The van der Waals surface area contributed by atoms with Gasteiger partial charge in [0.1, 0.15) is 0 Å². The van der Waals surface area contributed by atoms with E-state index in [0.29, 0.717) is 5.56 Å². The first-order valence-electron chi connectivity index (χ1n) is 5.25. The minimum Gasteiger partial charge on any atom is -1.00 e. The van der Waals surface area contributed by atoms with Gasteiger partial charge in [-0.05, 0) is 12.1 Å². The van der Waals surface area contributed by atoms with Gasteiger partial charge in [-0.2, -0.15) is 8.42 Å². The van der Waals surface area contributed by atoms with Crippen LogP contribution in [0.2, 0.25) is 0 Å². The summed E-state index contributed by atoms with van der Waals surface area (Å²) in [5.74, 6) is -4.38. The predicted molar refractivity (Wildman–Crippen MR) is 69.7 cm³/mol. The van der Waals surface area contributed by atoms with Gasteiger partial charge in [-0.15, -0.1) is 0 Å². The molecule has 0 fully saturated rings. The van der Waals surface area contributed by atoms with Crippen molar-refractivity contribution in [1.29, 1.82) is 0 Å². The first-order valence-corrected chi connectivity index (χ1v) is 6.75. The molecule has 0 amide bonds. The van der Waals surface area contributed by atoms with E-state index in [1.165, 1.54) is 0 Å². The molecular formula is C11H13NaO9S. The van der Waals surface area contributed by atoms with Gasteiger partial charge in [0, 0.05) is 0 Å². The van der Waals surface area contributed by atoms with E-state index in [1.807, 2.05) is 0 Å². The van der Waals surface area contributed by atoms with Crippen molar-refractivity contribution in [3.8, 4) is 0 Å². The maximum atomic E-state index is 10.2. The van der Waals surface area contributed by atoms with Crippen LogP contribution >= 0.6 is 0 Å². The summed E-state index contributed by atoms with van der Waals surface area (Å²) in [6.45, 7) is 0. The molecule has 0 spiro atoms. The van der Waals surface area contributed by atoms with Crippen LogP contribution in [-0.4, -0.2) is 51.4 Å². The number of aromatic carboxylic acids is 1. The molecule has 0 saturated carbocycles. The number of hydrogen-bond acceptors (Lipinski definition) is 5. The van der Waals surface area contributed by atoms with Crippen LogP contribution in [0.5, 0.6) is 0 Å². The average Bonchev–Trinajstić information content (AvgIpc) is 2.36. The molecule has 0 heterocycles. The molecule has 1 unspecified atom stereocenters. The second kappa shape index (κ2) is 10.3. The van der Waals surface area contributed by atoms with Crippen LogP contribution in [0.3, 0.4) is 0 Å². The van der Waals surface area contributed by atoms with Crippen molar-refractivity contribution in [2.45, 2.75) is 11.7 Å². The Morgan fingerprint density at radius 2 is 1.50 bits per heavy atom. The molecule has 0 radical (unpaired) electrons. The van der Waals surface area contributed by atoms with Crippen molar-refractivity contribution >= 4 is 28.0 Å². The van der Waals surface area contributed by atoms with Gasteiger partial charge >= 0.3 is 47.5 Å². The van der Waals surface area contributed by atoms with Crippen molar-refractivity contribution in [1.82, 2.24) is 0 Å². The summed E-state index contributed by atoms with van der Waals surface area (Å²) >= 11 is 0. The van der Waals surface area contributed by atoms with Crippen molar-refractivity contribution in [3.63, 3.8) is 0 Å². The van der Waals surface area contributed by atoms with Gasteiger partial charge in [-0.1, -0.05) is 18.2 Å². The Kier molecular flexibility index (Phi) is 10.7. The molecule has 11 heteroatoms. The van der Waals surface area contributed by atoms with E-state index in [2.05, 4.69) is 0 Å². The molecular weight excluding hydrogens is 331 g/mol. The molecule has 1 aromatic carbocycles. The molecule has 9 nitrogen and oxygen atoms in total. The Morgan fingerprint density at radius 3 is 1.68 bits per heavy atom. The number of hydrogen-bond donors (Lipinski definition) is 4. The molecule has 0 aliphatic carbocycles. The van der Waals surface area contributed by atoms with Gasteiger partial charge in [0.2, 0.25) is 0 Å². The molecule has 1 atom stereocenters. The monoisotopic (exact) mass is 344 g/mol. The fourth-order valence-corrected chi connectivity index (χ4v) is 1.67. The van der Waals surface area contributed by atoms with Gasteiger partial charge in [0.05, 0.1) is 12.0 Å². The normalized spacial score (nSPS) is 11.1. The Bertz CT molecular complexity index is 618. The van der Waals surface area contributed by atoms with E-state index in [0.717, 1.165) is 0 Å². The Balaban J connectivity index is -0.000000329. The van der Waals surface area contributed by atoms with Crippen LogP contribution in [-0.2, 0) is 19.7 Å². The maximum absolute atomic E-state index is 10.2. The van der Waals surface area contributed by atoms with E-state index in [4.69, 9.17) is 19.9 Å². The minimum absolute atomic E-state index is 0. The van der Waals surface area contributed by atoms with E-state index in [-0.39, 0.29) is 31.0 Å². The van der Waals surface area contributed by atoms with Crippen LogP contribution in [0.4, 0.5) is 0 Å². The van der Waals surface area contributed by atoms with Crippen molar-refractivity contribution in [2.75, 3.05) is 0 Å². The first-order chi connectivity index (χ1) is 9.55. The Hall–Kier alpha value is -1.46. The fourth-order valence-electron chi connectivity index (χ4n) is 1.06. The van der Waals surface area contributed by atoms with Gasteiger partial charge < -0.3 is 16.7 Å². The zero-order valence-corrected chi connectivity index (χ0v) is 14.2. The summed E-state index contributed by atoms with van der Waals surface area (Å²) in [5.41, 5.74) is 0.331. The van der Waals surface area contributed by atoms with Gasteiger partial charge in [-0.25, -0.2) is 4.79 Å². The van der Waals surface area contributed by atoms with Gasteiger partial charge in [0.25, 0.3) is 10.1 Å². The van der Waals surface area contributed by atoms with Crippen LogP contribution in [0, 0.1) is 0 Å². The third kappa shape index (κ3) is 9.47. The zero-order chi connectivity index (χ0) is 16.6. The molecule has 0 aliphatic heterocycles. The van der Waals surface area contributed by atoms with Gasteiger partial charge in [0.15, 0.2) is 5.25 Å². The summed E-state index contributed by atoms with van der Waals surface area (Å²) in [6, 6.07) is 8.30. The van der Waals surface area contributed by atoms with Crippen molar-refractivity contribution in [3.05, 3.63) is 35.9 Å². The maximum Gasteiger partial charge on any atom is 1.00 e. The molecule has 4 N–H and O–H groups in total. The zero-order valence-electron chi connectivity index (χ0n) is 12.4. The molecule has 1 rings (SSSR count).